The lowest BCUT2D eigenvalue weighted by Gasteiger charge is -2.22. The van der Waals surface area contributed by atoms with Crippen LogP contribution in [-0.2, 0) is 11.2 Å². The van der Waals surface area contributed by atoms with Crippen LogP contribution in [0, 0.1) is 6.92 Å². The van der Waals surface area contributed by atoms with Crippen LogP contribution in [0.5, 0.6) is 0 Å². The average Bonchev–Trinajstić information content (AvgIpc) is 3.01. The molecule has 0 aliphatic carbocycles. The summed E-state index contributed by atoms with van der Waals surface area (Å²) in [7, 11) is 0. The normalized spacial score (nSPS) is 14.0. The number of carbonyl (C=O) groups is 2. The number of amides is 3. The molecule has 1 unspecified atom stereocenters. The molecule has 1 aliphatic rings. The van der Waals surface area contributed by atoms with Gasteiger partial charge >= 0.3 is 6.03 Å². The van der Waals surface area contributed by atoms with E-state index in [-0.39, 0.29) is 5.91 Å². The highest BCUT2D eigenvalue weighted by molar-refractivity contribution is 9.10. The van der Waals surface area contributed by atoms with Crippen LogP contribution in [0.1, 0.15) is 18.1 Å². The fraction of sp³-hybridized carbons (Fsp3) is 0.263. The van der Waals surface area contributed by atoms with Gasteiger partial charge in [0, 0.05) is 22.4 Å². The quantitative estimate of drug-likeness (QED) is 0.819. The lowest BCUT2D eigenvalue weighted by Crippen LogP contribution is -2.47. The van der Waals surface area contributed by atoms with Crippen molar-refractivity contribution >= 4 is 39.2 Å². The number of nitrogens with one attached hydrogen (secondary N) is 2. The Kier molecular flexibility index (Phi) is 5.08. The molecule has 6 heteroatoms. The van der Waals surface area contributed by atoms with Gasteiger partial charge in [-0.2, -0.15) is 0 Å². The first-order valence-electron chi connectivity index (χ1n) is 8.18. The zero-order chi connectivity index (χ0) is 18.0. The molecule has 0 spiro atoms. The second kappa shape index (κ2) is 7.27. The van der Waals surface area contributed by atoms with Crippen LogP contribution in [0.25, 0.3) is 0 Å². The summed E-state index contributed by atoms with van der Waals surface area (Å²) in [4.78, 5) is 26.6. The van der Waals surface area contributed by atoms with Gasteiger partial charge in [0.1, 0.15) is 6.04 Å². The minimum absolute atomic E-state index is 0.105. The molecular formula is C19H20BrN3O2. The van der Waals surface area contributed by atoms with E-state index in [9.17, 15) is 9.59 Å². The number of nitrogens with zero attached hydrogens (tertiary/aromatic N) is 1. The van der Waals surface area contributed by atoms with Crippen molar-refractivity contribution in [3.8, 4) is 0 Å². The minimum Gasteiger partial charge on any atom is -0.326 e. The maximum Gasteiger partial charge on any atom is 0.319 e. The van der Waals surface area contributed by atoms with E-state index in [1.807, 2.05) is 43.3 Å². The van der Waals surface area contributed by atoms with Crippen molar-refractivity contribution in [1.29, 1.82) is 0 Å². The fourth-order valence-corrected chi connectivity index (χ4v) is 3.20. The molecule has 25 heavy (non-hydrogen) atoms. The number of para-hydroxylation sites is 1. The highest BCUT2D eigenvalue weighted by Gasteiger charge is 2.28. The molecule has 2 aromatic carbocycles. The largest absolute Gasteiger partial charge is 0.326 e. The van der Waals surface area contributed by atoms with E-state index in [0.29, 0.717) is 12.2 Å². The summed E-state index contributed by atoms with van der Waals surface area (Å²) < 4.78 is 0.981. The van der Waals surface area contributed by atoms with Crippen molar-refractivity contribution in [3.63, 3.8) is 0 Å². The van der Waals surface area contributed by atoms with Crippen LogP contribution in [0.2, 0.25) is 0 Å². The molecule has 1 heterocycles. The first-order valence-corrected chi connectivity index (χ1v) is 8.98. The third-order valence-corrected chi connectivity index (χ3v) is 5.18. The van der Waals surface area contributed by atoms with E-state index in [2.05, 4.69) is 26.6 Å². The monoisotopic (exact) mass is 401 g/mol. The molecular weight excluding hydrogens is 382 g/mol. The lowest BCUT2D eigenvalue weighted by atomic mass is 10.2. The average molecular weight is 402 g/mol. The van der Waals surface area contributed by atoms with E-state index in [4.69, 9.17) is 0 Å². The van der Waals surface area contributed by atoms with Gasteiger partial charge in [-0.25, -0.2) is 4.79 Å². The van der Waals surface area contributed by atoms with E-state index in [1.54, 1.807) is 17.9 Å². The topological polar surface area (TPSA) is 61.4 Å². The van der Waals surface area contributed by atoms with Gasteiger partial charge in [0.2, 0.25) is 5.91 Å². The van der Waals surface area contributed by atoms with Crippen LogP contribution in [0.4, 0.5) is 16.2 Å². The van der Waals surface area contributed by atoms with Crippen molar-refractivity contribution < 1.29 is 9.59 Å². The third-order valence-electron chi connectivity index (χ3n) is 4.29. The van der Waals surface area contributed by atoms with E-state index < -0.39 is 12.1 Å². The third kappa shape index (κ3) is 3.85. The number of aryl methyl sites for hydroxylation is 1. The van der Waals surface area contributed by atoms with E-state index in [0.717, 1.165) is 27.7 Å². The van der Waals surface area contributed by atoms with Gasteiger partial charge in [-0.3, -0.25) is 4.79 Å². The molecule has 130 valence electrons. The molecule has 3 amide bonds. The summed E-state index contributed by atoms with van der Waals surface area (Å²) in [5, 5.41) is 5.48. The molecule has 0 fully saturated rings. The van der Waals surface area contributed by atoms with Crippen molar-refractivity contribution in [1.82, 2.24) is 5.32 Å². The molecule has 5 nitrogen and oxygen atoms in total. The fourth-order valence-electron chi connectivity index (χ4n) is 2.95. The van der Waals surface area contributed by atoms with Gasteiger partial charge in [-0.15, -0.1) is 0 Å². The number of halogens is 1. The summed E-state index contributed by atoms with van der Waals surface area (Å²) in [5.41, 5.74) is 3.81. The number of hydrogen-bond acceptors (Lipinski definition) is 2. The summed E-state index contributed by atoms with van der Waals surface area (Å²) in [5.74, 6) is -0.105. The first kappa shape index (κ1) is 17.5. The van der Waals surface area contributed by atoms with Crippen molar-refractivity contribution in [3.05, 3.63) is 58.1 Å². The Balaban J connectivity index is 1.62. The minimum atomic E-state index is -0.609. The SMILES string of the molecule is Cc1cc(NC(=O)NC(C)C(=O)N2CCc3ccccc32)ccc1Br. The second-order valence-electron chi connectivity index (χ2n) is 6.15. The maximum atomic E-state index is 12.7. The molecule has 1 aliphatic heterocycles. The Hall–Kier alpha value is -2.34. The highest BCUT2D eigenvalue weighted by Crippen LogP contribution is 2.27. The Morgan fingerprint density at radius 1 is 1.20 bits per heavy atom. The second-order valence-corrected chi connectivity index (χ2v) is 7.01. The van der Waals surface area contributed by atoms with Gasteiger partial charge < -0.3 is 15.5 Å². The van der Waals surface area contributed by atoms with Gasteiger partial charge in [0.15, 0.2) is 0 Å². The predicted molar refractivity (Wildman–Crippen MR) is 103 cm³/mol. The van der Waals surface area contributed by atoms with Crippen molar-refractivity contribution in [2.75, 3.05) is 16.8 Å². The van der Waals surface area contributed by atoms with Gasteiger partial charge in [0.25, 0.3) is 0 Å². The Bertz CT molecular complexity index is 822. The number of hydrogen-bond donors (Lipinski definition) is 2. The Morgan fingerprint density at radius 2 is 1.96 bits per heavy atom. The molecule has 0 saturated heterocycles. The molecule has 3 rings (SSSR count). The Morgan fingerprint density at radius 3 is 2.72 bits per heavy atom. The first-order chi connectivity index (χ1) is 12.0. The summed E-state index contributed by atoms with van der Waals surface area (Å²) in [6.45, 7) is 4.30. The van der Waals surface area contributed by atoms with Crippen molar-refractivity contribution in [2.45, 2.75) is 26.3 Å². The van der Waals surface area contributed by atoms with Crippen LogP contribution in [0.15, 0.2) is 46.9 Å². The molecule has 2 N–H and O–H groups in total. The number of carbonyl (C=O) groups excluding carboxylic acids is 2. The molecule has 0 aromatic heterocycles. The lowest BCUT2D eigenvalue weighted by molar-refractivity contribution is -0.119. The van der Waals surface area contributed by atoms with Crippen LogP contribution < -0.4 is 15.5 Å². The maximum absolute atomic E-state index is 12.7. The standard InChI is InChI=1S/C19H20BrN3O2/c1-12-11-15(7-8-16(12)20)22-19(25)21-13(2)18(24)23-10-9-14-5-3-4-6-17(14)23/h3-8,11,13H,9-10H2,1-2H3,(H2,21,22,25). The van der Waals surface area contributed by atoms with Gasteiger partial charge in [0.05, 0.1) is 0 Å². The number of urea groups is 1. The zero-order valence-electron chi connectivity index (χ0n) is 14.2. The summed E-state index contributed by atoms with van der Waals surface area (Å²) in [6.07, 6.45) is 0.846. The molecule has 2 aromatic rings. The smallest absolute Gasteiger partial charge is 0.319 e. The number of rotatable bonds is 3. The zero-order valence-corrected chi connectivity index (χ0v) is 15.8. The van der Waals surface area contributed by atoms with Crippen molar-refractivity contribution in [2.24, 2.45) is 0 Å². The van der Waals surface area contributed by atoms with Gasteiger partial charge in [-0.1, -0.05) is 34.1 Å². The Labute approximate surface area is 155 Å². The van der Waals surface area contributed by atoms with Crippen LogP contribution >= 0.6 is 15.9 Å². The van der Waals surface area contributed by atoms with E-state index in [1.165, 1.54) is 0 Å². The van der Waals surface area contributed by atoms with Crippen LogP contribution in [-0.4, -0.2) is 24.5 Å². The molecule has 0 radical (unpaired) electrons. The number of fused-ring (bicyclic) bond motifs is 1. The molecule has 0 saturated carbocycles. The van der Waals surface area contributed by atoms with E-state index >= 15 is 0 Å². The van der Waals surface area contributed by atoms with Crippen LogP contribution in [0.3, 0.4) is 0 Å². The number of benzene rings is 2. The molecule has 0 bridgehead atoms. The summed E-state index contributed by atoms with van der Waals surface area (Å²) in [6, 6.07) is 12.4. The van der Waals surface area contributed by atoms with Gasteiger partial charge in [-0.05, 0) is 55.7 Å². The highest BCUT2D eigenvalue weighted by atomic mass is 79.9. The predicted octanol–water partition coefficient (Wildman–Crippen LogP) is 3.86. The molecule has 1 atom stereocenters. The number of anilines is 2. The summed E-state index contributed by atoms with van der Waals surface area (Å²) >= 11 is 3.43.